The summed E-state index contributed by atoms with van der Waals surface area (Å²) >= 11 is 0. The maximum absolute atomic E-state index is 11.4. The molecule has 0 aliphatic carbocycles. The molecule has 2 aromatic carbocycles. The summed E-state index contributed by atoms with van der Waals surface area (Å²) in [6, 6.07) is 9.37. The van der Waals surface area contributed by atoms with Crippen LogP contribution < -0.4 is 5.32 Å². The Morgan fingerprint density at radius 2 is 1.23 bits per heavy atom. The minimum atomic E-state index is -0.599. The van der Waals surface area contributed by atoms with Crippen molar-refractivity contribution in [1.82, 2.24) is 5.32 Å². The molecule has 0 spiro atoms. The van der Waals surface area contributed by atoms with Gasteiger partial charge in [0, 0.05) is 13.1 Å². The molecule has 0 unspecified atom stereocenters. The van der Waals surface area contributed by atoms with Gasteiger partial charge in [-0.1, -0.05) is 12.1 Å². The Balaban J connectivity index is 0.00000338. The monoisotopic (exact) mass is 381 g/mol. The number of phenols is 2. The lowest BCUT2D eigenvalue weighted by atomic mass is 10.1. The van der Waals surface area contributed by atoms with Gasteiger partial charge in [0.15, 0.2) is 0 Å². The van der Waals surface area contributed by atoms with E-state index in [0.717, 1.165) is 11.1 Å². The van der Waals surface area contributed by atoms with Crippen molar-refractivity contribution in [3.63, 3.8) is 0 Å². The zero-order valence-electron chi connectivity index (χ0n) is 14.3. The molecule has 0 aliphatic rings. The highest BCUT2D eigenvalue weighted by atomic mass is 35.5. The van der Waals surface area contributed by atoms with E-state index < -0.39 is 11.9 Å². The van der Waals surface area contributed by atoms with E-state index in [1.165, 1.54) is 38.5 Å². The maximum atomic E-state index is 11.4. The number of carbonyl (C=O) groups is 2. The number of benzene rings is 2. The predicted molar refractivity (Wildman–Crippen MR) is 96.7 cm³/mol. The Morgan fingerprint density at radius 1 is 0.846 bits per heavy atom. The van der Waals surface area contributed by atoms with Gasteiger partial charge in [0.25, 0.3) is 0 Å². The summed E-state index contributed by atoms with van der Waals surface area (Å²) in [5, 5.41) is 22.8. The van der Waals surface area contributed by atoms with E-state index in [1.807, 2.05) is 0 Å². The van der Waals surface area contributed by atoms with E-state index in [2.05, 4.69) is 14.8 Å². The van der Waals surface area contributed by atoms with Crippen LogP contribution in [-0.2, 0) is 22.6 Å². The Labute approximate surface area is 157 Å². The molecule has 0 saturated heterocycles. The van der Waals surface area contributed by atoms with Crippen LogP contribution >= 0.6 is 12.4 Å². The third-order valence-corrected chi connectivity index (χ3v) is 3.59. The molecule has 140 valence electrons. The summed E-state index contributed by atoms with van der Waals surface area (Å²) in [4.78, 5) is 22.8. The average Bonchev–Trinajstić information content (AvgIpc) is 2.60. The number of hydrogen-bond acceptors (Lipinski definition) is 7. The van der Waals surface area contributed by atoms with Crippen LogP contribution in [0.15, 0.2) is 36.4 Å². The molecule has 3 N–H and O–H groups in total. The molecular weight excluding hydrogens is 362 g/mol. The highest BCUT2D eigenvalue weighted by Crippen LogP contribution is 2.21. The van der Waals surface area contributed by atoms with Crippen LogP contribution in [0.4, 0.5) is 0 Å². The maximum Gasteiger partial charge on any atom is 0.341 e. The third kappa shape index (κ3) is 5.11. The molecule has 8 heteroatoms. The Morgan fingerprint density at radius 3 is 1.54 bits per heavy atom. The van der Waals surface area contributed by atoms with E-state index in [9.17, 15) is 19.8 Å². The number of rotatable bonds is 6. The summed E-state index contributed by atoms with van der Waals surface area (Å²) < 4.78 is 9.14. The first-order valence-corrected chi connectivity index (χ1v) is 7.47. The molecule has 0 heterocycles. The van der Waals surface area contributed by atoms with Crippen molar-refractivity contribution in [1.29, 1.82) is 0 Å². The van der Waals surface area contributed by atoms with Gasteiger partial charge in [0.2, 0.25) is 0 Å². The van der Waals surface area contributed by atoms with E-state index in [-0.39, 0.29) is 35.0 Å². The van der Waals surface area contributed by atoms with Crippen LogP contribution in [0.25, 0.3) is 0 Å². The van der Waals surface area contributed by atoms with Crippen LogP contribution in [0.1, 0.15) is 31.8 Å². The normalized spacial score (nSPS) is 9.92. The van der Waals surface area contributed by atoms with Gasteiger partial charge in [-0.3, -0.25) is 0 Å². The number of phenolic OH excluding ortho intramolecular Hbond substituents is 2. The lowest BCUT2D eigenvalue weighted by Gasteiger charge is -2.09. The number of ether oxygens (including phenoxy) is 2. The van der Waals surface area contributed by atoms with Gasteiger partial charge in [-0.15, -0.1) is 12.4 Å². The summed E-state index contributed by atoms with van der Waals surface area (Å²) in [6.45, 7) is 0.878. The second kappa shape index (κ2) is 9.65. The van der Waals surface area contributed by atoms with E-state index in [0.29, 0.717) is 13.1 Å². The molecule has 7 nitrogen and oxygen atoms in total. The van der Waals surface area contributed by atoms with Crippen LogP contribution in [0, 0.1) is 0 Å². The second-order valence-electron chi connectivity index (χ2n) is 5.29. The number of aromatic hydroxyl groups is 2. The molecule has 0 saturated carbocycles. The number of nitrogens with one attached hydrogen (secondary N) is 1. The van der Waals surface area contributed by atoms with Gasteiger partial charge in [-0.05, 0) is 35.4 Å². The van der Waals surface area contributed by atoms with Crippen molar-refractivity contribution in [3.05, 3.63) is 58.7 Å². The quantitative estimate of drug-likeness (QED) is 0.660. The molecule has 0 amide bonds. The SMILES string of the molecule is COC(=O)c1ccc(CNCc2ccc(C(=O)OC)c(O)c2)cc1O.Cl. The van der Waals surface area contributed by atoms with Crippen LogP contribution in [0.5, 0.6) is 11.5 Å². The third-order valence-electron chi connectivity index (χ3n) is 3.59. The lowest BCUT2D eigenvalue weighted by Crippen LogP contribution is -2.13. The number of carbonyl (C=O) groups excluding carboxylic acids is 2. The molecule has 0 bridgehead atoms. The molecule has 2 aromatic rings. The largest absolute Gasteiger partial charge is 0.507 e. The minimum Gasteiger partial charge on any atom is -0.507 e. The standard InChI is InChI=1S/C18H19NO6.ClH/c1-24-17(22)13-5-3-11(7-15(13)20)9-19-10-12-4-6-14(16(21)8-12)18(23)25-2;/h3-8,19-21H,9-10H2,1-2H3;1H. The van der Waals surface area contributed by atoms with Gasteiger partial charge >= 0.3 is 11.9 Å². The molecular formula is C18H20ClNO6. The highest BCUT2D eigenvalue weighted by molar-refractivity contribution is 5.92. The topological polar surface area (TPSA) is 105 Å². The van der Waals surface area contributed by atoms with Gasteiger partial charge in [-0.2, -0.15) is 0 Å². The van der Waals surface area contributed by atoms with E-state index in [4.69, 9.17) is 0 Å². The van der Waals surface area contributed by atoms with Crippen molar-refractivity contribution in [2.24, 2.45) is 0 Å². The Bertz CT molecular complexity index is 728. The molecule has 0 aromatic heterocycles. The summed E-state index contributed by atoms with van der Waals surface area (Å²) in [5.41, 5.74) is 1.77. The average molecular weight is 382 g/mol. The van der Waals surface area contributed by atoms with Crippen molar-refractivity contribution in [2.45, 2.75) is 13.1 Å². The first-order chi connectivity index (χ1) is 12.0. The Hall–Kier alpha value is -2.77. The molecule has 0 fully saturated rings. The second-order valence-corrected chi connectivity index (χ2v) is 5.29. The molecule has 0 radical (unpaired) electrons. The number of hydrogen-bond donors (Lipinski definition) is 3. The van der Waals surface area contributed by atoms with E-state index in [1.54, 1.807) is 12.1 Å². The molecule has 0 atom stereocenters. The molecule has 26 heavy (non-hydrogen) atoms. The minimum absolute atomic E-state index is 0. The molecule has 0 aliphatic heterocycles. The predicted octanol–water partition coefficient (Wildman–Crippen LogP) is 2.38. The van der Waals surface area contributed by atoms with E-state index >= 15 is 0 Å². The fourth-order valence-corrected chi connectivity index (χ4v) is 2.29. The first-order valence-electron chi connectivity index (χ1n) is 7.47. The zero-order chi connectivity index (χ0) is 18.4. The van der Waals surface area contributed by atoms with Crippen molar-refractivity contribution in [3.8, 4) is 11.5 Å². The summed E-state index contributed by atoms with van der Waals surface area (Å²) in [6.07, 6.45) is 0. The number of esters is 2. The van der Waals surface area contributed by atoms with Crippen molar-refractivity contribution in [2.75, 3.05) is 14.2 Å². The van der Waals surface area contributed by atoms with Crippen molar-refractivity contribution >= 4 is 24.3 Å². The van der Waals surface area contributed by atoms with Gasteiger partial charge < -0.3 is 25.0 Å². The number of halogens is 1. The summed E-state index contributed by atoms with van der Waals surface area (Å²) in [5.74, 6) is -1.49. The fourth-order valence-electron chi connectivity index (χ4n) is 2.29. The molecule has 2 rings (SSSR count). The fraction of sp³-hybridized carbons (Fsp3) is 0.222. The first kappa shape index (κ1) is 21.3. The lowest BCUT2D eigenvalue weighted by molar-refractivity contribution is 0.0588. The number of methoxy groups -OCH3 is 2. The van der Waals surface area contributed by atoms with Crippen LogP contribution in [0.2, 0.25) is 0 Å². The van der Waals surface area contributed by atoms with Crippen LogP contribution in [-0.4, -0.2) is 36.4 Å². The summed E-state index contributed by atoms with van der Waals surface area (Å²) in [7, 11) is 2.50. The Kier molecular flexibility index (Phi) is 7.89. The van der Waals surface area contributed by atoms with Crippen LogP contribution in [0.3, 0.4) is 0 Å². The highest BCUT2D eigenvalue weighted by Gasteiger charge is 2.12. The van der Waals surface area contributed by atoms with Crippen molar-refractivity contribution < 1.29 is 29.3 Å². The smallest absolute Gasteiger partial charge is 0.341 e. The van der Waals surface area contributed by atoms with Gasteiger partial charge in [0.1, 0.15) is 22.6 Å². The zero-order valence-corrected chi connectivity index (χ0v) is 15.1. The van der Waals surface area contributed by atoms with Gasteiger partial charge in [-0.25, -0.2) is 9.59 Å². The van der Waals surface area contributed by atoms with Gasteiger partial charge in [0.05, 0.1) is 14.2 Å².